The minimum atomic E-state index is -0.332. The molecule has 0 atom stereocenters. The standard InChI is InChI=1S/C9H14N2O3/c1-7(12)11-4-2-9(3-5-11)6-14-8(13)10-9/h2-6H2,1H3,(H,10,13). The number of carbonyl (C=O) groups is 2. The van der Waals surface area contributed by atoms with Crippen molar-refractivity contribution in [1.82, 2.24) is 10.2 Å². The van der Waals surface area contributed by atoms with Crippen LogP contribution in [-0.4, -0.2) is 42.1 Å². The van der Waals surface area contributed by atoms with E-state index >= 15 is 0 Å². The van der Waals surface area contributed by atoms with Crippen LogP contribution in [0.4, 0.5) is 4.79 Å². The first kappa shape index (κ1) is 9.30. The highest BCUT2D eigenvalue weighted by Gasteiger charge is 2.42. The van der Waals surface area contributed by atoms with Crippen molar-refractivity contribution >= 4 is 12.0 Å². The highest BCUT2D eigenvalue weighted by Crippen LogP contribution is 2.26. The Hall–Kier alpha value is -1.26. The van der Waals surface area contributed by atoms with E-state index < -0.39 is 0 Å². The molecule has 0 aliphatic carbocycles. The van der Waals surface area contributed by atoms with Gasteiger partial charge in [-0.2, -0.15) is 0 Å². The third kappa shape index (κ3) is 1.54. The van der Waals surface area contributed by atoms with Crippen molar-refractivity contribution in [3.05, 3.63) is 0 Å². The summed E-state index contributed by atoms with van der Waals surface area (Å²) in [6, 6.07) is 0. The summed E-state index contributed by atoms with van der Waals surface area (Å²) in [5, 5.41) is 2.83. The molecule has 0 saturated carbocycles. The maximum Gasteiger partial charge on any atom is 0.407 e. The number of likely N-dealkylation sites (tertiary alicyclic amines) is 1. The van der Waals surface area contributed by atoms with Gasteiger partial charge in [-0.15, -0.1) is 0 Å². The summed E-state index contributed by atoms with van der Waals surface area (Å²) in [6.07, 6.45) is 1.25. The summed E-state index contributed by atoms with van der Waals surface area (Å²) in [4.78, 5) is 23.8. The van der Waals surface area contributed by atoms with E-state index in [4.69, 9.17) is 4.74 Å². The molecule has 0 aromatic rings. The number of carbonyl (C=O) groups excluding carboxylic acids is 2. The van der Waals surface area contributed by atoms with E-state index in [0.29, 0.717) is 19.7 Å². The molecule has 2 fully saturated rings. The van der Waals surface area contributed by atoms with Gasteiger partial charge in [-0.3, -0.25) is 4.79 Å². The summed E-state index contributed by atoms with van der Waals surface area (Å²) < 4.78 is 4.89. The highest BCUT2D eigenvalue weighted by molar-refractivity contribution is 5.74. The van der Waals surface area contributed by atoms with Gasteiger partial charge in [0.25, 0.3) is 0 Å². The van der Waals surface area contributed by atoms with Gasteiger partial charge in [-0.25, -0.2) is 4.79 Å². The normalized spacial score (nSPS) is 24.6. The lowest BCUT2D eigenvalue weighted by Crippen LogP contribution is -2.53. The Bertz CT molecular complexity index is 269. The van der Waals surface area contributed by atoms with Crippen molar-refractivity contribution in [3.8, 4) is 0 Å². The molecular weight excluding hydrogens is 184 g/mol. The van der Waals surface area contributed by atoms with Crippen molar-refractivity contribution in [1.29, 1.82) is 0 Å². The lowest BCUT2D eigenvalue weighted by Gasteiger charge is -2.36. The van der Waals surface area contributed by atoms with E-state index in [2.05, 4.69) is 5.32 Å². The van der Waals surface area contributed by atoms with Crippen LogP contribution in [0.2, 0.25) is 0 Å². The number of piperidine rings is 1. The van der Waals surface area contributed by atoms with Gasteiger partial charge in [0.15, 0.2) is 0 Å². The predicted octanol–water partition coefficient (Wildman–Crippen LogP) is 0.107. The quantitative estimate of drug-likeness (QED) is 0.601. The number of rotatable bonds is 0. The third-order valence-corrected chi connectivity index (χ3v) is 3.01. The molecule has 5 nitrogen and oxygen atoms in total. The average molecular weight is 198 g/mol. The Balaban J connectivity index is 1.95. The Morgan fingerprint density at radius 3 is 2.57 bits per heavy atom. The van der Waals surface area contributed by atoms with Crippen molar-refractivity contribution in [2.45, 2.75) is 25.3 Å². The van der Waals surface area contributed by atoms with Gasteiger partial charge in [-0.05, 0) is 12.8 Å². The first-order valence-corrected chi connectivity index (χ1v) is 4.82. The van der Waals surface area contributed by atoms with Crippen LogP contribution in [0, 0.1) is 0 Å². The van der Waals surface area contributed by atoms with E-state index in [0.717, 1.165) is 12.8 Å². The van der Waals surface area contributed by atoms with Crippen LogP contribution in [0.25, 0.3) is 0 Å². The van der Waals surface area contributed by atoms with Crippen LogP contribution in [0.1, 0.15) is 19.8 Å². The molecule has 78 valence electrons. The Morgan fingerprint density at radius 1 is 1.50 bits per heavy atom. The molecule has 2 aliphatic heterocycles. The highest BCUT2D eigenvalue weighted by atomic mass is 16.6. The van der Waals surface area contributed by atoms with Gasteiger partial charge in [-0.1, -0.05) is 0 Å². The molecule has 14 heavy (non-hydrogen) atoms. The third-order valence-electron chi connectivity index (χ3n) is 3.01. The van der Waals surface area contributed by atoms with E-state index in [9.17, 15) is 9.59 Å². The molecule has 2 heterocycles. The van der Waals surface area contributed by atoms with E-state index in [-0.39, 0.29) is 17.5 Å². The molecule has 0 unspecified atom stereocenters. The van der Waals surface area contributed by atoms with Crippen LogP contribution in [0.15, 0.2) is 0 Å². The van der Waals surface area contributed by atoms with Crippen LogP contribution < -0.4 is 5.32 Å². The number of hydrogen-bond donors (Lipinski definition) is 1. The van der Waals surface area contributed by atoms with Crippen LogP contribution in [0.5, 0.6) is 0 Å². The number of hydrogen-bond acceptors (Lipinski definition) is 3. The maximum atomic E-state index is 11.1. The number of cyclic esters (lactones) is 1. The zero-order valence-electron chi connectivity index (χ0n) is 8.21. The SMILES string of the molecule is CC(=O)N1CCC2(CC1)COC(=O)N2. The summed E-state index contributed by atoms with van der Waals surface area (Å²) in [6.45, 7) is 3.43. The molecule has 2 amide bonds. The van der Waals surface area contributed by atoms with E-state index in [1.165, 1.54) is 0 Å². The molecule has 1 spiro atoms. The number of alkyl carbamates (subject to hydrolysis) is 1. The molecule has 2 aliphatic rings. The number of amides is 2. The van der Waals surface area contributed by atoms with Gasteiger partial charge in [0.2, 0.25) is 5.91 Å². The first-order chi connectivity index (χ1) is 6.61. The Kier molecular flexibility index (Phi) is 2.09. The fraction of sp³-hybridized carbons (Fsp3) is 0.778. The minimum absolute atomic E-state index is 0.102. The molecule has 2 rings (SSSR count). The molecule has 0 aromatic carbocycles. The Labute approximate surface area is 82.4 Å². The first-order valence-electron chi connectivity index (χ1n) is 4.82. The monoisotopic (exact) mass is 198 g/mol. The summed E-state index contributed by atoms with van der Waals surface area (Å²) in [7, 11) is 0. The fourth-order valence-corrected chi connectivity index (χ4v) is 2.01. The van der Waals surface area contributed by atoms with Crippen molar-refractivity contribution < 1.29 is 14.3 Å². The van der Waals surface area contributed by atoms with Gasteiger partial charge in [0, 0.05) is 20.0 Å². The molecular formula is C9H14N2O3. The second-order valence-electron chi connectivity index (χ2n) is 3.99. The lowest BCUT2D eigenvalue weighted by molar-refractivity contribution is -0.130. The molecule has 0 radical (unpaired) electrons. The Morgan fingerprint density at radius 2 is 2.14 bits per heavy atom. The molecule has 1 N–H and O–H groups in total. The number of ether oxygens (including phenoxy) is 1. The van der Waals surface area contributed by atoms with Gasteiger partial charge < -0.3 is 15.0 Å². The van der Waals surface area contributed by atoms with Gasteiger partial charge in [0.1, 0.15) is 6.61 Å². The number of nitrogens with zero attached hydrogens (tertiary/aromatic N) is 1. The van der Waals surface area contributed by atoms with Crippen LogP contribution in [-0.2, 0) is 9.53 Å². The second kappa shape index (κ2) is 3.15. The van der Waals surface area contributed by atoms with Crippen molar-refractivity contribution in [2.75, 3.05) is 19.7 Å². The molecule has 2 saturated heterocycles. The fourth-order valence-electron chi connectivity index (χ4n) is 2.01. The van der Waals surface area contributed by atoms with E-state index in [1.807, 2.05) is 0 Å². The van der Waals surface area contributed by atoms with Crippen LogP contribution >= 0.6 is 0 Å². The topological polar surface area (TPSA) is 58.6 Å². The zero-order valence-corrected chi connectivity index (χ0v) is 8.21. The molecule has 5 heteroatoms. The lowest BCUT2D eigenvalue weighted by atomic mass is 9.89. The van der Waals surface area contributed by atoms with Crippen molar-refractivity contribution in [2.24, 2.45) is 0 Å². The average Bonchev–Trinajstić information content (AvgIpc) is 2.48. The summed E-state index contributed by atoms with van der Waals surface area (Å²) in [5.41, 5.74) is -0.205. The summed E-state index contributed by atoms with van der Waals surface area (Å²) >= 11 is 0. The van der Waals surface area contributed by atoms with E-state index in [1.54, 1.807) is 11.8 Å². The smallest absolute Gasteiger partial charge is 0.407 e. The van der Waals surface area contributed by atoms with Crippen LogP contribution in [0.3, 0.4) is 0 Å². The zero-order chi connectivity index (χ0) is 10.2. The molecule has 0 bridgehead atoms. The van der Waals surface area contributed by atoms with Gasteiger partial charge in [0.05, 0.1) is 5.54 Å². The van der Waals surface area contributed by atoms with Crippen molar-refractivity contribution in [3.63, 3.8) is 0 Å². The predicted molar refractivity (Wildman–Crippen MR) is 48.7 cm³/mol. The second-order valence-corrected chi connectivity index (χ2v) is 3.99. The summed E-state index contributed by atoms with van der Waals surface area (Å²) in [5.74, 6) is 0.102. The number of nitrogens with one attached hydrogen (secondary N) is 1. The minimum Gasteiger partial charge on any atom is -0.447 e. The maximum absolute atomic E-state index is 11.1. The molecule has 0 aromatic heterocycles. The van der Waals surface area contributed by atoms with Gasteiger partial charge >= 0.3 is 6.09 Å². The largest absolute Gasteiger partial charge is 0.447 e.